The molecule has 0 aliphatic carbocycles. The summed E-state index contributed by atoms with van der Waals surface area (Å²) in [7, 11) is 1.78. The van der Waals surface area contributed by atoms with Crippen LogP contribution in [0.1, 0.15) is 25.3 Å². The maximum Gasteiger partial charge on any atom is 0.0615 e. The largest absolute Gasteiger partial charge is 0.383 e. The van der Waals surface area contributed by atoms with Gasteiger partial charge in [0.15, 0.2) is 0 Å². The third-order valence-corrected chi connectivity index (χ3v) is 4.80. The summed E-state index contributed by atoms with van der Waals surface area (Å²) >= 11 is 2.05. The van der Waals surface area contributed by atoms with Crippen molar-refractivity contribution in [1.29, 1.82) is 0 Å². The summed E-state index contributed by atoms with van der Waals surface area (Å²) in [6, 6.07) is 9.30. The molecule has 2 unspecified atom stereocenters. The molecule has 0 saturated carbocycles. The van der Waals surface area contributed by atoms with E-state index in [4.69, 9.17) is 4.74 Å². The van der Waals surface area contributed by atoms with E-state index in [1.807, 2.05) is 11.8 Å². The number of benzene rings is 1. The zero-order valence-electron chi connectivity index (χ0n) is 11.3. The highest BCUT2D eigenvalue weighted by Crippen LogP contribution is 2.38. The first-order chi connectivity index (χ1) is 8.83. The van der Waals surface area contributed by atoms with Crippen LogP contribution in [0.25, 0.3) is 0 Å². The van der Waals surface area contributed by atoms with Crippen molar-refractivity contribution < 1.29 is 4.74 Å². The van der Waals surface area contributed by atoms with Gasteiger partial charge in [-0.05, 0) is 37.4 Å². The minimum Gasteiger partial charge on any atom is -0.383 e. The summed E-state index contributed by atoms with van der Waals surface area (Å²) in [4.78, 5) is 1.48. The lowest BCUT2D eigenvalue weighted by Gasteiger charge is -2.18. The third kappa shape index (κ3) is 3.74. The molecule has 1 heterocycles. The van der Waals surface area contributed by atoms with Crippen LogP contribution in [0.5, 0.6) is 0 Å². The minimum atomic E-state index is 0.504. The summed E-state index contributed by atoms with van der Waals surface area (Å²) in [5.41, 5.74) is 1.53. The molecule has 0 saturated heterocycles. The Morgan fingerprint density at radius 2 is 2.28 bits per heavy atom. The van der Waals surface area contributed by atoms with Crippen molar-refractivity contribution in [2.24, 2.45) is 0 Å². The van der Waals surface area contributed by atoms with E-state index >= 15 is 0 Å². The normalized spacial score (nSPS) is 19.8. The lowest BCUT2D eigenvalue weighted by Crippen LogP contribution is -2.33. The number of likely N-dealkylation sites (N-methyl/N-ethyl adjacent to an activating group) is 1. The van der Waals surface area contributed by atoms with Gasteiger partial charge < -0.3 is 10.1 Å². The van der Waals surface area contributed by atoms with Crippen LogP contribution in [0, 0.1) is 0 Å². The summed E-state index contributed by atoms with van der Waals surface area (Å²) in [6.07, 6.45) is 3.69. The van der Waals surface area contributed by atoms with Crippen molar-refractivity contribution >= 4 is 11.8 Å². The van der Waals surface area contributed by atoms with Gasteiger partial charge in [0.2, 0.25) is 0 Å². The average molecular weight is 265 g/mol. The molecule has 2 rings (SSSR count). The summed E-state index contributed by atoms with van der Waals surface area (Å²) < 4.78 is 5.26. The number of nitrogens with one attached hydrogen (secondary N) is 1. The molecule has 1 aliphatic heterocycles. The Balaban J connectivity index is 1.78. The van der Waals surface area contributed by atoms with Gasteiger partial charge in [0.25, 0.3) is 0 Å². The highest BCUT2D eigenvalue weighted by atomic mass is 32.2. The van der Waals surface area contributed by atoms with E-state index in [1.54, 1.807) is 7.11 Å². The Labute approximate surface area is 114 Å². The second-order valence-electron chi connectivity index (χ2n) is 4.84. The summed E-state index contributed by atoms with van der Waals surface area (Å²) in [5, 5.41) is 4.24. The van der Waals surface area contributed by atoms with Crippen LogP contribution in [0.2, 0.25) is 0 Å². The average Bonchev–Trinajstić information content (AvgIpc) is 2.79. The number of thioether (sulfide) groups is 1. The van der Waals surface area contributed by atoms with Gasteiger partial charge in [0.05, 0.1) is 6.61 Å². The third-order valence-electron chi connectivity index (χ3n) is 3.41. The van der Waals surface area contributed by atoms with Crippen molar-refractivity contribution in [3.63, 3.8) is 0 Å². The smallest absolute Gasteiger partial charge is 0.0615 e. The van der Waals surface area contributed by atoms with E-state index in [1.165, 1.54) is 29.7 Å². The van der Waals surface area contributed by atoms with Gasteiger partial charge in [0, 0.05) is 23.3 Å². The Morgan fingerprint density at radius 1 is 1.44 bits per heavy atom. The number of rotatable bonds is 7. The van der Waals surface area contributed by atoms with E-state index < -0.39 is 0 Å². The van der Waals surface area contributed by atoms with Crippen LogP contribution in [0.3, 0.4) is 0 Å². The van der Waals surface area contributed by atoms with E-state index in [-0.39, 0.29) is 0 Å². The lowest BCUT2D eigenvalue weighted by molar-refractivity contribution is 0.162. The molecule has 0 amide bonds. The van der Waals surface area contributed by atoms with Crippen molar-refractivity contribution in [3.8, 4) is 0 Å². The fourth-order valence-electron chi connectivity index (χ4n) is 2.54. The Hall–Kier alpha value is -0.510. The molecule has 2 nitrogen and oxygen atoms in total. The van der Waals surface area contributed by atoms with Gasteiger partial charge in [0.1, 0.15) is 0 Å². The Kier molecular flexibility index (Phi) is 5.54. The van der Waals surface area contributed by atoms with Crippen molar-refractivity contribution in [2.45, 2.75) is 42.4 Å². The molecular weight excluding hydrogens is 242 g/mol. The zero-order valence-corrected chi connectivity index (χ0v) is 12.1. The standard InChI is InChI=1S/C15H23NOS/c1-3-16-13(11-17-2)8-9-14-10-12-6-4-5-7-15(12)18-14/h4-7,13-14,16H,3,8-11H2,1-2H3. The topological polar surface area (TPSA) is 21.3 Å². The maximum atomic E-state index is 5.26. The number of ether oxygens (including phenoxy) is 1. The van der Waals surface area contributed by atoms with Crippen LogP contribution in [0.15, 0.2) is 29.2 Å². The zero-order chi connectivity index (χ0) is 12.8. The van der Waals surface area contributed by atoms with Crippen LogP contribution >= 0.6 is 11.8 Å². The molecule has 1 aromatic rings. The molecular formula is C15H23NOS. The predicted octanol–water partition coefficient (Wildman–Crippen LogP) is 3.11. The van der Waals surface area contributed by atoms with Crippen molar-refractivity contribution in [3.05, 3.63) is 29.8 Å². The molecule has 18 heavy (non-hydrogen) atoms. The summed E-state index contributed by atoms with van der Waals surface area (Å²) in [5.74, 6) is 0. The number of hydrogen-bond acceptors (Lipinski definition) is 3. The first-order valence-electron chi connectivity index (χ1n) is 6.80. The maximum absolute atomic E-state index is 5.26. The fourth-order valence-corrected chi connectivity index (χ4v) is 3.87. The molecule has 1 aromatic carbocycles. The fraction of sp³-hybridized carbons (Fsp3) is 0.600. The molecule has 0 fully saturated rings. The number of fused-ring (bicyclic) bond motifs is 1. The van der Waals surface area contributed by atoms with Crippen LogP contribution < -0.4 is 5.32 Å². The molecule has 0 aromatic heterocycles. The first-order valence-corrected chi connectivity index (χ1v) is 7.68. The quantitative estimate of drug-likeness (QED) is 0.818. The molecule has 0 radical (unpaired) electrons. The first kappa shape index (κ1) is 13.9. The van der Waals surface area contributed by atoms with Crippen LogP contribution in [-0.2, 0) is 11.2 Å². The molecule has 0 spiro atoms. The Bertz CT molecular complexity index is 338. The second kappa shape index (κ2) is 7.17. The Morgan fingerprint density at radius 3 is 3.00 bits per heavy atom. The van der Waals surface area contributed by atoms with Crippen LogP contribution in [0.4, 0.5) is 0 Å². The number of hydrogen-bond donors (Lipinski definition) is 1. The minimum absolute atomic E-state index is 0.504. The van der Waals surface area contributed by atoms with Gasteiger partial charge in [-0.15, -0.1) is 11.8 Å². The molecule has 3 heteroatoms. The summed E-state index contributed by atoms with van der Waals surface area (Å²) in [6.45, 7) is 3.99. The van der Waals surface area contributed by atoms with Gasteiger partial charge in [-0.1, -0.05) is 25.1 Å². The van der Waals surface area contributed by atoms with Gasteiger partial charge in [-0.2, -0.15) is 0 Å². The monoisotopic (exact) mass is 265 g/mol. The van der Waals surface area contributed by atoms with Crippen molar-refractivity contribution in [2.75, 3.05) is 20.3 Å². The number of methoxy groups -OCH3 is 1. The molecule has 100 valence electrons. The molecule has 1 aliphatic rings. The highest BCUT2D eigenvalue weighted by Gasteiger charge is 2.22. The van der Waals surface area contributed by atoms with Crippen molar-refractivity contribution in [1.82, 2.24) is 5.32 Å². The predicted molar refractivity (Wildman–Crippen MR) is 78.4 cm³/mol. The van der Waals surface area contributed by atoms with E-state index in [0.29, 0.717) is 6.04 Å². The highest BCUT2D eigenvalue weighted by molar-refractivity contribution is 8.00. The molecule has 0 bridgehead atoms. The van der Waals surface area contributed by atoms with E-state index in [2.05, 4.69) is 36.5 Å². The second-order valence-corrected chi connectivity index (χ2v) is 6.18. The van der Waals surface area contributed by atoms with Gasteiger partial charge in [-0.3, -0.25) is 0 Å². The van der Waals surface area contributed by atoms with E-state index in [0.717, 1.165) is 18.4 Å². The van der Waals surface area contributed by atoms with Gasteiger partial charge >= 0.3 is 0 Å². The van der Waals surface area contributed by atoms with E-state index in [9.17, 15) is 0 Å². The molecule has 1 N–H and O–H groups in total. The SMILES string of the molecule is CCNC(CCC1Cc2ccccc2S1)COC. The van der Waals surface area contributed by atoms with Gasteiger partial charge in [-0.25, -0.2) is 0 Å². The molecule has 2 atom stereocenters. The van der Waals surface area contributed by atoms with Crippen LogP contribution in [-0.4, -0.2) is 31.6 Å². The lowest BCUT2D eigenvalue weighted by atomic mass is 10.0.